The molecule has 0 aliphatic rings. The summed E-state index contributed by atoms with van der Waals surface area (Å²) in [7, 11) is 0. The Morgan fingerprint density at radius 1 is 1.29 bits per heavy atom. The molecule has 0 saturated carbocycles. The van der Waals surface area contributed by atoms with Gasteiger partial charge in [0.1, 0.15) is 11.6 Å². The molecule has 2 aromatic rings. The van der Waals surface area contributed by atoms with Crippen LogP contribution in [0.5, 0.6) is 0 Å². The van der Waals surface area contributed by atoms with E-state index in [0.717, 1.165) is 29.9 Å². The maximum atomic E-state index is 13.1. The third kappa shape index (κ3) is 4.48. The van der Waals surface area contributed by atoms with Crippen molar-refractivity contribution >= 4 is 11.6 Å². The Morgan fingerprint density at radius 3 is 2.62 bits per heavy atom. The van der Waals surface area contributed by atoms with Gasteiger partial charge >= 0.3 is 0 Å². The number of benzene rings is 1. The molecular weight excluding hydrogens is 289 g/mol. The van der Waals surface area contributed by atoms with Gasteiger partial charge in [0.05, 0.1) is 6.04 Å². The van der Waals surface area contributed by atoms with Gasteiger partial charge in [-0.2, -0.15) is 0 Å². The lowest BCUT2D eigenvalue weighted by Gasteiger charge is -2.18. The lowest BCUT2D eigenvalue weighted by molar-refractivity contribution is 0.503. The van der Waals surface area contributed by atoms with Gasteiger partial charge in [-0.15, -0.1) is 0 Å². The SMILES string of the molecule is CCCNC(Cc1ccc(F)cc1Cl)c1ncc(C)cn1. The van der Waals surface area contributed by atoms with Gasteiger partial charge < -0.3 is 5.32 Å². The number of hydrogen-bond donors (Lipinski definition) is 1. The first-order valence-electron chi connectivity index (χ1n) is 7.06. The van der Waals surface area contributed by atoms with E-state index in [0.29, 0.717) is 11.4 Å². The van der Waals surface area contributed by atoms with Gasteiger partial charge in [0.15, 0.2) is 0 Å². The monoisotopic (exact) mass is 307 g/mol. The molecule has 0 radical (unpaired) electrons. The minimum absolute atomic E-state index is 0.0338. The third-order valence-electron chi connectivity index (χ3n) is 3.19. The van der Waals surface area contributed by atoms with Crippen LogP contribution in [0.2, 0.25) is 5.02 Å². The van der Waals surface area contributed by atoms with Crippen LogP contribution in [0, 0.1) is 12.7 Å². The van der Waals surface area contributed by atoms with Crippen LogP contribution >= 0.6 is 11.6 Å². The van der Waals surface area contributed by atoms with Crippen LogP contribution in [-0.4, -0.2) is 16.5 Å². The largest absolute Gasteiger partial charge is 0.307 e. The molecule has 1 unspecified atom stereocenters. The lowest BCUT2D eigenvalue weighted by atomic mass is 10.0. The predicted molar refractivity (Wildman–Crippen MR) is 82.9 cm³/mol. The fourth-order valence-electron chi connectivity index (χ4n) is 2.06. The van der Waals surface area contributed by atoms with Crippen molar-refractivity contribution < 1.29 is 4.39 Å². The number of nitrogens with one attached hydrogen (secondary N) is 1. The summed E-state index contributed by atoms with van der Waals surface area (Å²) >= 11 is 6.11. The zero-order valence-electron chi connectivity index (χ0n) is 12.2. The second kappa shape index (κ2) is 7.48. The molecule has 0 aliphatic heterocycles. The van der Waals surface area contributed by atoms with Gasteiger partial charge in [-0.3, -0.25) is 0 Å². The first-order chi connectivity index (χ1) is 10.1. The molecule has 3 nitrogen and oxygen atoms in total. The molecule has 1 heterocycles. The first kappa shape index (κ1) is 15.9. The van der Waals surface area contributed by atoms with Crippen LogP contribution in [0.4, 0.5) is 4.39 Å². The highest BCUT2D eigenvalue weighted by Gasteiger charge is 2.16. The number of nitrogens with zero attached hydrogens (tertiary/aromatic N) is 2. The number of hydrogen-bond acceptors (Lipinski definition) is 3. The number of rotatable bonds is 6. The summed E-state index contributed by atoms with van der Waals surface area (Å²) in [6.07, 6.45) is 5.24. The Morgan fingerprint density at radius 2 is 2.00 bits per heavy atom. The molecule has 5 heteroatoms. The van der Waals surface area contributed by atoms with Crippen LogP contribution < -0.4 is 5.32 Å². The molecule has 21 heavy (non-hydrogen) atoms. The summed E-state index contributed by atoms with van der Waals surface area (Å²) in [5.41, 5.74) is 1.91. The van der Waals surface area contributed by atoms with Crippen LogP contribution in [-0.2, 0) is 6.42 Å². The smallest absolute Gasteiger partial charge is 0.145 e. The molecule has 112 valence electrons. The minimum atomic E-state index is -0.326. The lowest BCUT2D eigenvalue weighted by Crippen LogP contribution is -2.26. The third-order valence-corrected chi connectivity index (χ3v) is 3.54. The first-order valence-corrected chi connectivity index (χ1v) is 7.43. The molecular formula is C16H19ClFN3. The zero-order valence-corrected chi connectivity index (χ0v) is 13.0. The minimum Gasteiger partial charge on any atom is -0.307 e. The summed E-state index contributed by atoms with van der Waals surface area (Å²) in [5.74, 6) is 0.405. The quantitative estimate of drug-likeness (QED) is 0.880. The Labute approximate surface area is 129 Å². The van der Waals surface area contributed by atoms with Crippen LogP contribution in [0.3, 0.4) is 0 Å². The van der Waals surface area contributed by atoms with E-state index in [1.54, 1.807) is 18.5 Å². The van der Waals surface area contributed by atoms with E-state index < -0.39 is 0 Å². The van der Waals surface area contributed by atoms with E-state index in [1.807, 2.05) is 6.92 Å². The van der Waals surface area contributed by atoms with Gasteiger partial charge in [0, 0.05) is 17.4 Å². The zero-order chi connectivity index (χ0) is 15.2. The van der Waals surface area contributed by atoms with E-state index in [2.05, 4.69) is 22.2 Å². The maximum absolute atomic E-state index is 13.1. The van der Waals surface area contributed by atoms with Gasteiger partial charge in [-0.1, -0.05) is 24.6 Å². The number of aryl methyl sites for hydroxylation is 1. The Balaban J connectivity index is 2.21. The molecule has 0 saturated heterocycles. The molecule has 1 atom stereocenters. The number of halogens is 2. The summed E-state index contributed by atoms with van der Waals surface area (Å²) in [6.45, 7) is 4.92. The highest BCUT2D eigenvalue weighted by atomic mass is 35.5. The fourth-order valence-corrected chi connectivity index (χ4v) is 2.31. The molecule has 1 aromatic carbocycles. The van der Waals surface area contributed by atoms with Gasteiger partial charge in [0.25, 0.3) is 0 Å². The van der Waals surface area contributed by atoms with E-state index in [4.69, 9.17) is 11.6 Å². The topological polar surface area (TPSA) is 37.8 Å². The van der Waals surface area contributed by atoms with E-state index in [9.17, 15) is 4.39 Å². The maximum Gasteiger partial charge on any atom is 0.145 e. The van der Waals surface area contributed by atoms with Crippen molar-refractivity contribution in [3.05, 3.63) is 58.4 Å². The molecule has 0 bridgehead atoms. The van der Waals surface area contributed by atoms with Gasteiger partial charge in [0.2, 0.25) is 0 Å². The molecule has 0 spiro atoms. The summed E-state index contributed by atoms with van der Waals surface area (Å²) in [5, 5.41) is 3.85. The van der Waals surface area contributed by atoms with E-state index in [-0.39, 0.29) is 11.9 Å². The van der Waals surface area contributed by atoms with E-state index in [1.165, 1.54) is 12.1 Å². The summed E-state index contributed by atoms with van der Waals surface area (Å²) in [4.78, 5) is 8.77. The Kier molecular flexibility index (Phi) is 5.65. The summed E-state index contributed by atoms with van der Waals surface area (Å²) < 4.78 is 13.1. The van der Waals surface area contributed by atoms with Crippen LogP contribution in [0.25, 0.3) is 0 Å². The van der Waals surface area contributed by atoms with Crippen molar-refractivity contribution in [3.63, 3.8) is 0 Å². The van der Waals surface area contributed by atoms with Crippen LogP contribution in [0.15, 0.2) is 30.6 Å². The van der Waals surface area contributed by atoms with Crippen molar-refractivity contribution in [2.75, 3.05) is 6.54 Å². The Hall–Kier alpha value is -1.52. The van der Waals surface area contributed by atoms with Crippen molar-refractivity contribution in [1.29, 1.82) is 0 Å². The average molecular weight is 308 g/mol. The molecule has 0 amide bonds. The fraction of sp³-hybridized carbons (Fsp3) is 0.375. The van der Waals surface area contributed by atoms with Gasteiger partial charge in [-0.05, 0) is 49.6 Å². The van der Waals surface area contributed by atoms with E-state index >= 15 is 0 Å². The predicted octanol–water partition coefficient (Wildman–Crippen LogP) is 3.86. The highest BCUT2D eigenvalue weighted by molar-refractivity contribution is 6.31. The molecule has 1 aromatic heterocycles. The molecule has 1 N–H and O–H groups in total. The van der Waals surface area contributed by atoms with Crippen molar-refractivity contribution in [1.82, 2.24) is 15.3 Å². The second-order valence-electron chi connectivity index (χ2n) is 5.07. The average Bonchev–Trinajstić information content (AvgIpc) is 2.46. The van der Waals surface area contributed by atoms with Gasteiger partial charge in [-0.25, -0.2) is 14.4 Å². The standard InChI is InChI=1S/C16H19ClFN3/c1-3-6-19-15(16-20-9-11(2)10-21-16)7-12-4-5-13(18)8-14(12)17/h4-5,8-10,15,19H,3,6-7H2,1-2H3. The number of aromatic nitrogens is 2. The van der Waals surface area contributed by atoms with Crippen molar-refractivity contribution in [3.8, 4) is 0 Å². The van der Waals surface area contributed by atoms with Crippen molar-refractivity contribution in [2.24, 2.45) is 0 Å². The second-order valence-corrected chi connectivity index (χ2v) is 5.47. The summed E-state index contributed by atoms with van der Waals surface area (Å²) in [6, 6.07) is 4.44. The normalized spacial score (nSPS) is 12.4. The molecule has 0 fully saturated rings. The highest BCUT2D eigenvalue weighted by Crippen LogP contribution is 2.23. The van der Waals surface area contributed by atoms with Crippen LogP contribution in [0.1, 0.15) is 36.3 Å². The van der Waals surface area contributed by atoms with Crippen molar-refractivity contribution in [2.45, 2.75) is 32.7 Å². The molecule has 2 rings (SSSR count). The Bertz CT molecular complexity index is 587. The molecule has 0 aliphatic carbocycles.